The molecule has 0 saturated carbocycles. The van der Waals surface area contributed by atoms with Crippen molar-refractivity contribution in [1.29, 1.82) is 0 Å². The van der Waals surface area contributed by atoms with Gasteiger partial charge in [0.05, 0.1) is 5.69 Å². The van der Waals surface area contributed by atoms with Crippen LogP contribution >= 0.6 is 0 Å². The van der Waals surface area contributed by atoms with Crippen molar-refractivity contribution in [3.63, 3.8) is 0 Å². The summed E-state index contributed by atoms with van der Waals surface area (Å²) in [7, 11) is 0. The minimum Gasteiger partial charge on any atom is -0.308 e. The summed E-state index contributed by atoms with van der Waals surface area (Å²) < 4.78 is 15.5. The van der Waals surface area contributed by atoms with Gasteiger partial charge in [-0.2, -0.15) is 0 Å². The number of aromatic nitrogens is 2. The Bertz CT molecular complexity index is 1090. The Hall–Kier alpha value is -3.67. The highest BCUT2D eigenvalue weighted by Crippen LogP contribution is 2.21. The quantitative estimate of drug-likeness (QED) is 0.534. The fourth-order valence-electron chi connectivity index (χ4n) is 2.76. The molecule has 134 valence electrons. The van der Waals surface area contributed by atoms with Crippen LogP contribution in [0, 0.1) is 12.7 Å². The molecule has 2 heterocycles. The Balaban J connectivity index is 1.45. The molecular formula is C21H17FN4O. The fraction of sp³-hybridized carbons (Fsp3) is 0.0476. The number of fused-ring (bicyclic) bond motifs is 1. The summed E-state index contributed by atoms with van der Waals surface area (Å²) in [5, 5.41) is 5.35. The van der Waals surface area contributed by atoms with E-state index in [9.17, 15) is 9.18 Å². The first-order chi connectivity index (χ1) is 13.1. The number of anilines is 2. The topological polar surface area (TPSA) is 58.4 Å². The van der Waals surface area contributed by atoms with Crippen LogP contribution in [0.1, 0.15) is 5.56 Å². The van der Waals surface area contributed by atoms with Crippen LogP contribution in [0.4, 0.5) is 20.6 Å². The van der Waals surface area contributed by atoms with Gasteiger partial charge in [0.15, 0.2) is 0 Å². The number of amides is 2. The molecular weight excluding hydrogens is 343 g/mol. The van der Waals surface area contributed by atoms with Gasteiger partial charge in [-0.15, -0.1) is 0 Å². The number of halogens is 1. The molecule has 0 aliphatic carbocycles. The number of imidazole rings is 1. The van der Waals surface area contributed by atoms with Gasteiger partial charge < -0.3 is 15.0 Å². The van der Waals surface area contributed by atoms with E-state index in [1.54, 1.807) is 31.2 Å². The molecule has 2 aromatic carbocycles. The Morgan fingerprint density at radius 2 is 1.74 bits per heavy atom. The highest BCUT2D eigenvalue weighted by atomic mass is 19.1. The maximum atomic E-state index is 13.6. The second kappa shape index (κ2) is 6.92. The van der Waals surface area contributed by atoms with E-state index < -0.39 is 6.03 Å². The zero-order chi connectivity index (χ0) is 18.8. The molecule has 2 amide bonds. The third-order valence-electron chi connectivity index (χ3n) is 4.23. The molecule has 4 aromatic rings. The lowest BCUT2D eigenvalue weighted by molar-refractivity contribution is 0.262. The number of pyridine rings is 1. The summed E-state index contributed by atoms with van der Waals surface area (Å²) >= 11 is 0. The first-order valence-corrected chi connectivity index (χ1v) is 8.47. The summed E-state index contributed by atoms with van der Waals surface area (Å²) in [5.41, 5.74) is 4.24. The highest BCUT2D eigenvalue weighted by Gasteiger charge is 2.07. The standard InChI is InChI=1S/C21H17FN4O/c1-14-5-8-17(12-18(14)22)24-21(27)23-16-9-6-15(7-10-16)19-13-26-11-3-2-4-20(26)25-19/h2-13H,1H3,(H2,23,24,27). The number of aryl methyl sites for hydroxylation is 1. The van der Waals surface area contributed by atoms with Gasteiger partial charge in [0.1, 0.15) is 11.5 Å². The third kappa shape index (κ3) is 3.64. The predicted molar refractivity (Wildman–Crippen MR) is 104 cm³/mol. The summed E-state index contributed by atoms with van der Waals surface area (Å²) in [6.45, 7) is 1.67. The second-order valence-corrected chi connectivity index (χ2v) is 6.21. The fourth-order valence-corrected chi connectivity index (χ4v) is 2.76. The molecule has 0 saturated heterocycles. The summed E-state index contributed by atoms with van der Waals surface area (Å²) in [5.74, 6) is -0.357. The average Bonchev–Trinajstić information content (AvgIpc) is 3.09. The van der Waals surface area contributed by atoms with Gasteiger partial charge in [0, 0.05) is 29.3 Å². The molecule has 0 fully saturated rings. The van der Waals surface area contributed by atoms with Gasteiger partial charge in [-0.25, -0.2) is 14.2 Å². The van der Waals surface area contributed by atoms with Crippen LogP contribution < -0.4 is 10.6 Å². The first kappa shape index (κ1) is 16.8. The smallest absolute Gasteiger partial charge is 0.308 e. The number of carbonyl (C=O) groups excluding carboxylic acids is 1. The van der Waals surface area contributed by atoms with Crippen LogP contribution in [0.2, 0.25) is 0 Å². The molecule has 0 spiro atoms. The number of hydrogen-bond acceptors (Lipinski definition) is 2. The molecule has 27 heavy (non-hydrogen) atoms. The SMILES string of the molecule is Cc1ccc(NC(=O)Nc2ccc(-c3cn4ccccc4n3)cc2)cc1F. The molecule has 2 N–H and O–H groups in total. The lowest BCUT2D eigenvalue weighted by Gasteiger charge is -2.09. The van der Waals surface area contributed by atoms with Crippen molar-refractivity contribution < 1.29 is 9.18 Å². The lowest BCUT2D eigenvalue weighted by Crippen LogP contribution is -2.19. The van der Waals surface area contributed by atoms with Gasteiger partial charge in [0.25, 0.3) is 0 Å². The number of carbonyl (C=O) groups is 1. The van der Waals surface area contributed by atoms with Gasteiger partial charge in [0.2, 0.25) is 0 Å². The van der Waals surface area contributed by atoms with Crippen LogP contribution in [-0.4, -0.2) is 15.4 Å². The predicted octanol–water partition coefficient (Wildman–Crippen LogP) is 5.09. The van der Waals surface area contributed by atoms with Crippen molar-refractivity contribution in [2.75, 3.05) is 10.6 Å². The Morgan fingerprint density at radius 3 is 2.48 bits per heavy atom. The highest BCUT2D eigenvalue weighted by molar-refractivity contribution is 5.99. The molecule has 2 aromatic heterocycles. The van der Waals surface area contributed by atoms with E-state index in [0.29, 0.717) is 16.9 Å². The van der Waals surface area contributed by atoms with E-state index in [0.717, 1.165) is 16.9 Å². The molecule has 4 rings (SSSR count). The Kier molecular flexibility index (Phi) is 4.30. The van der Waals surface area contributed by atoms with E-state index in [-0.39, 0.29) is 5.82 Å². The molecule has 6 heteroatoms. The zero-order valence-electron chi connectivity index (χ0n) is 14.6. The van der Waals surface area contributed by atoms with Crippen molar-refractivity contribution in [2.45, 2.75) is 6.92 Å². The minimum atomic E-state index is -0.432. The van der Waals surface area contributed by atoms with Gasteiger partial charge in [-0.1, -0.05) is 24.3 Å². The normalized spacial score (nSPS) is 10.7. The Labute approximate surface area is 155 Å². The molecule has 0 radical (unpaired) electrons. The molecule has 0 aliphatic heterocycles. The van der Waals surface area contributed by atoms with E-state index >= 15 is 0 Å². The van der Waals surface area contributed by atoms with Gasteiger partial charge >= 0.3 is 6.03 Å². The summed E-state index contributed by atoms with van der Waals surface area (Å²) in [4.78, 5) is 16.7. The number of benzene rings is 2. The maximum absolute atomic E-state index is 13.6. The van der Waals surface area contributed by atoms with Crippen LogP contribution in [-0.2, 0) is 0 Å². The van der Waals surface area contributed by atoms with Crippen LogP contribution in [0.3, 0.4) is 0 Å². The van der Waals surface area contributed by atoms with E-state index in [4.69, 9.17) is 0 Å². The van der Waals surface area contributed by atoms with Crippen LogP contribution in [0.5, 0.6) is 0 Å². The van der Waals surface area contributed by atoms with E-state index in [1.165, 1.54) is 6.07 Å². The Morgan fingerprint density at radius 1 is 1.00 bits per heavy atom. The second-order valence-electron chi connectivity index (χ2n) is 6.21. The molecule has 0 atom stereocenters. The number of urea groups is 1. The average molecular weight is 360 g/mol. The molecule has 0 unspecified atom stereocenters. The summed E-state index contributed by atoms with van der Waals surface area (Å²) in [6.07, 6.45) is 3.90. The number of hydrogen-bond donors (Lipinski definition) is 2. The summed E-state index contributed by atoms with van der Waals surface area (Å²) in [6, 6.07) is 17.4. The van der Waals surface area contributed by atoms with E-state index in [2.05, 4.69) is 15.6 Å². The largest absolute Gasteiger partial charge is 0.323 e. The number of rotatable bonds is 3. The molecule has 0 bridgehead atoms. The molecule has 5 nitrogen and oxygen atoms in total. The molecule has 0 aliphatic rings. The number of nitrogens with one attached hydrogen (secondary N) is 2. The van der Waals surface area contributed by atoms with Crippen molar-refractivity contribution >= 4 is 23.1 Å². The number of nitrogens with zero attached hydrogens (tertiary/aromatic N) is 2. The van der Waals surface area contributed by atoms with E-state index in [1.807, 2.05) is 47.1 Å². The zero-order valence-corrected chi connectivity index (χ0v) is 14.6. The van der Waals surface area contributed by atoms with Crippen LogP contribution in [0.25, 0.3) is 16.9 Å². The first-order valence-electron chi connectivity index (χ1n) is 8.47. The van der Waals surface area contributed by atoms with Crippen molar-refractivity contribution in [2.24, 2.45) is 0 Å². The monoisotopic (exact) mass is 360 g/mol. The third-order valence-corrected chi connectivity index (χ3v) is 4.23. The van der Waals surface area contributed by atoms with Gasteiger partial charge in [-0.05, 0) is 48.9 Å². The van der Waals surface area contributed by atoms with Crippen molar-refractivity contribution in [3.8, 4) is 11.3 Å². The van der Waals surface area contributed by atoms with Crippen LogP contribution in [0.15, 0.2) is 73.1 Å². The van der Waals surface area contributed by atoms with Crippen molar-refractivity contribution in [3.05, 3.63) is 84.4 Å². The minimum absolute atomic E-state index is 0.357. The van der Waals surface area contributed by atoms with Gasteiger partial charge in [-0.3, -0.25) is 0 Å². The maximum Gasteiger partial charge on any atom is 0.323 e. The lowest BCUT2D eigenvalue weighted by atomic mass is 10.1. The van der Waals surface area contributed by atoms with Crippen molar-refractivity contribution in [1.82, 2.24) is 9.38 Å².